The van der Waals surface area contributed by atoms with E-state index in [1.807, 2.05) is 0 Å². The first-order valence-electron chi connectivity index (χ1n) is 5.53. The molecule has 94 valence electrons. The third kappa shape index (κ3) is 4.84. The van der Waals surface area contributed by atoms with E-state index >= 15 is 0 Å². The fraction of sp³-hybridized carbons (Fsp3) is 0.417. The molecule has 0 aromatic heterocycles. The van der Waals surface area contributed by atoms with E-state index in [1.54, 1.807) is 24.3 Å². The number of phenols is 1. The van der Waals surface area contributed by atoms with Gasteiger partial charge in [0.05, 0.1) is 6.61 Å². The minimum absolute atomic E-state index is 0.188. The van der Waals surface area contributed by atoms with Gasteiger partial charge >= 0.3 is 5.97 Å². The number of hydrogen-bond acceptors (Lipinski definition) is 5. The fourth-order valence-electron chi connectivity index (χ4n) is 1.33. The van der Waals surface area contributed by atoms with Gasteiger partial charge in [0, 0.05) is 0 Å². The summed E-state index contributed by atoms with van der Waals surface area (Å²) >= 11 is 0. The average molecular weight is 238 g/mol. The zero-order valence-electron chi connectivity index (χ0n) is 9.63. The van der Waals surface area contributed by atoms with Crippen LogP contribution in [0.4, 0.5) is 0 Å². The van der Waals surface area contributed by atoms with Crippen molar-refractivity contribution >= 4 is 5.97 Å². The van der Waals surface area contributed by atoms with Gasteiger partial charge in [-0.15, -0.1) is 0 Å². The second-order valence-electron chi connectivity index (χ2n) is 3.79. The number of hydrogen-bond donors (Lipinski definition) is 3. The predicted molar refractivity (Wildman–Crippen MR) is 64.4 cm³/mol. The van der Waals surface area contributed by atoms with Gasteiger partial charge in [0.2, 0.25) is 0 Å². The van der Waals surface area contributed by atoms with Gasteiger partial charge in [-0.25, -0.2) is 0 Å². The van der Waals surface area contributed by atoms with Crippen LogP contribution >= 0.6 is 0 Å². The van der Waals surface area contributed by atoms with E-state index in [9.17, 15) is 4.79 Å². The summed E-state index contributed by atoms with van der Waals surface area (Å²) in [6.07, 6.45) is 1.03. The monoisotopic (exact) mass is 238 g/mol. The van der Waals surface area contributed by atoms with E-state index in [2.05, 4.69) is 0 Å². The zero-order valence-corrected chi connectivity index (χ0v) is 9.63. The maximum atomic E-state index is 11.5. The normalized spacial score (nSPS) is 12.1. The molecule has 0 bridgehead atoms. The van der Waals surface area contributed by atoms with Crippen LogP contribution < -0.4 is 11.5 Å². The average Bonchev–Trinajstić information content (AvgIpc) is 2.32. The van der Waals surface area contributed by atoms with Crippen molar-refractivity contribution in [3.8, 4) is 5.75 Å². The number of nitrogens with two attached hydrogens (primary N) is 2. The SMILES string of the molecule is NCCCOC(=O)[C@@H](N)Cc1ccc(O)cc1. The van der Waals surface area contributed by atoms with Gasteiger partial charge in [-0.3, -0.25) is 4.79 Å². The lowest BCUT2D eigenvalue weighted by Crippen LogP contribution is -2.34. The van der Waals surface area contributed by atoms with Crippen molar-refractivity contribution in [2.75, 3.05) is 13.2 Å². The highest BCUT2D eigenvalue weighted by Gasteiger charge is 2.15. The number of ether oxygens (including phenoxy) is 1. The molecule has 5 heteroatoms. The lowest BCUT2D eigenvalue weighted by Gasteiger charge is -2.11. The molecular weight excluding hydrogens is 220 g/mol. The molecule has 0 fully saturated rings. The topological polar surface area (TPSA) is 98.6 Å². The molecule has 1 aromatic rings. The number of esters is 1. The van der Waals surface area contributed by atoms with Crippen molar-refractivity contribution in [2.24, 2.45) is 11.5 Å². The summed E-state index contributed by atoms with van der Waals surface area (Å²) in [7, 11) is 0. The summed E-state index contributed by atoms with van der Waals surface area (Å²) < 4.78 is 4.95. The molecule has 0 aliphatic heterocycles. The molecule has 1 atom stereocenters. The van der Waals surface area contributed by atoms with Gasteiger partial charge in [-0.1, -0.05) is 12.1 Å². The van der Waals surface area contributed by atoms with E-state index in [0.29, 0.717) is 26.0 Å². The number of phenolic OH excluding ortho intramolecular Hbond substituents is 1. The van der Waals surface area contributed by atoms with Crippen molar-refractivity contribution in [3.05, 3.63) is 29.8 Å². The molecular formula is C12H18N2O3. The van der Waals surface area contributed by atoms with Crippen molar-refractivity contribution in [1.82, 2.24) is 0 Å². The Morgan fingerprint density at radius 3 is 2.59 bits per heavy atom. The molecule has 1 rings (SSSR count). The summed E-state index contributed by atoms with van der Waals surface area (Å²) in [5.74, 6) is -0.237. The Bertz CT molecular complexity index is 351. The number of benzene rings is 1. The third-order valence-corrected chi connectivity index (χ3v) is 2.29. The molecule has 5 nitrogen and oxygen atoms in total. The van der Waals surface area contributed by atoms with Crippen LogP contribution in [0.25, 0.3) is 0 Å². The van der Waals surface area contributed by atoms with Gasteiger partial charge in [-0.05, 0) is 37.1 Å². The van der Waals surface area contributed by atoms with E-state index in [0.717, 1.165) is 5.56 Å². The number of carbonyl (C=O) groups is 1. The van der Waals surface area contributed by atoms with Crippen LogP contribution in [-0.2, 0) is 16.0 Å². The van der Waals surface area contributed by atoms with Crippen LogP contribution in [0.5, 0.6) is 5.75 Å². The van der Waals surface area contributed by atoms with Gasteiger partial charge in [0.25, 0.3) is 0 Å². The van der Waals surface area contributed by atoms with Crippen LogP contribution in [0.3, 0.4) is 0 Å². The second-order valence-corrected chi connectivity index (χ2v) is 3.79. The molecule has 0 spiro atoms. The summed E-state index contributed by atoms with van der Waals surface area (Å²) in [6, 6.07) is 5.88. The third-order valence-electron chi connectivity index (χ3n) is 2.29. The highest BCUT2D eigenvalue weighted by Crippen LogP contribution is 2.11. The van der Waals surface area contributed by atoms with Crippen molar-refractivity contribution in [1.29, 1.82) is 0 Å². The Kier molecular flexibility index (Phi) is 5.45. The fourth-order valence-corrected chi connectivity index (χ4v) is 1.33. The van der Waals surface area contributed by atoms with Crippen molar-refractivity contribution < 1.29 is 14.6 Å². The minimum Gasteiger partial charge on any atom is -0.508 e. The molecule has 0 unspecified atom stereocenters. The largest absolute Gasteiger partial charge is 0.508 e. The van der Waals surface area contributed by atoms with Crippen molar-refractivity contribution in [2.45, 2.75) is 18.9 Å². The number of carbonyl (C=O) groups excluding carboxylic acids is 1. The van der Waals surface area contributed by atoms with Crippen LogP contribution in [-0.4, -0.2) is 30.3 Å². The molecule has 0 amide bonds. The molecule has 0 aliphatic carbocycles. The standard InChI is InChI=1S/C12H18N2O3/c13-6-1-7-17-12(16)11(14)8-9-2-4-10(15)5-3-9/h2-5,11,15H,1,6-8,13-14H2/t11-/m0/s1. The summed E-state index contributed by atoms with van der Waals surface area (Å²) in [5.41, 5.74) is 11.9. The number of rotatable bonds is 6. The van der Waals surface area contributed by atoms with Crippen LogP contribution in [0.1, 0.15) is 12.0 Å². The first-order valence-corrected chi connectivity index (χ1v) is 5.53. The van der Waals surface area contributed by atoms with E-state index in [1.165, 1.54) is 0 Å². The van der Waals surface area contributed by atoms with Gasteiger partial charge in [0.15, 0.2) is 0 Å². The Labute approximate surface area is 100 Å². The Balaban J connectivity index is 2.40. The molecule has 0 aliphatic rings. The predicted octanol–water partition coefficient (Wildman–Crippen LogP) is 0.154. The lowest BCUT2D eigenvalue weighted by molar-refractivity contribution is -0.145. The summed E-state index contributed by atoms with van der Waals surface area (Å²) in [5, 5.41) is 9.11. The zero-order chi connectivity index (χ0) is 12.7. The molecule has 0 saturated heterocycles. The van der Waals surface area contributed by atoms with Crippen LogP contribution in [0.2, 0.25) is 0 Å². The van der Waals surface area contributed by atoms with Crippen LogP contribution in [0.15, 0.2) is 24.3 Å². The Hall–Kier alpha value is -1.59. The maximum absolute atomic E-state index is 11.5. The first-order chi connectivity index (χ1) is 8.13. The molecule has 5 N–H and O–H groups in total. The molecule has 0 heterocycles. The second kappa shape index (κ2) is 6.88. The quantitative estimate of drug-likeness (QED) is 0.484. The minimum atomic E-state index is -0.683. The van der Waals surface area contributed by atoms with E-state index in [4.69, 9.17) is 21.3 Å². The van der Waals surface area contributed by atoms with Gasteiger partial charge in [0.1, 0.15) is 11.8 Å². The van der Waals surface area contributed by atoms with Gasteiger partial charge in [-0.2, -0.15) is 0 Å². The highest BCUT2D eigenvalue weighted by atomic mass is 16.5. The molecule has 17 heavy (non-hydrogen) atoms. The van der Waals surface area contributed by atoms with E-state index < -0.39 is 12.0 Å². The molecule has 0 radical (unpaired) electrons. The Morgan fingerprint density at radius 2 is 2.00 bits per heavy atom. The van der Waals surface area contributed by atoms with Gasteiger partial charge < -0.3 is 21.3 Å². The molecule has 1 aromatic carbocycles. The summed E-state index contributed by atoms with van der Waals surface area (Å²) in [6.45, 7) is 0.791. The molecule has 0 saturated carbocycles. The Morgan fingerprint density at radius 1 is 1.35 bits per heavy atom. The summed E-state index contributed by atoms with van der Waals surface area (Å²) in [4.78, 5) is 11.5. The smallest absolute Gasteiger partial charge is 0.323 e. The maximum Gasteiger partial charge on any atom is 0.323 e. The highest BCUT2D eigenvalue weighted by molar-refractivity contribution is 5.75. The first kappa shape index (κ1) is 13.5. The number of aromatic hydroxyl groups is 1. The lowest BCUT2D eigenvalue weighted by atomic mass is 10.1. The van der Waals surface area contributed by atoms with Crippen molar-refractivity contribution in [3.63, 3.8) is 0 Å². The van der Waals surface area contributed by atoms with Crippen LogP contribution in [0, 0.1) is 0 Å². The van der Waals surface area contributed by atoms with E-state index in [-0.39, 0.29) is 5.75 Å².